The molecule has 0 bridgehead atoms. The Morgan fingerprint density at radius 3 is 2.70 bits per heavy atom. The Kier molecular flexibility index (Phi) is 5.86. The maximum Gasteiger partial charge on any atom is 0.123 e. The van der Waals surface area contributed by atoms with Gasteiger partial charge in [0.25, 0.3) is 0 Å². The zero-order chi connectivity index (χ0) is 14.4. The van der Waals surface area contributed by atoms with Crippen LogP contribution in [0.4, 0.5) is 0 Å². The molecule has 3 heteroatoms. The molecule has 1 aliphatic rings. The average Bonchev–Trinajstić information content (AvgIpc) is 2.48. The van der Waals surface area contributed by atoms with Crippen LogP contribution in [-0.2, 0) is 0 Å². The summed E-state index contributed by atoms with van der Waals surface area (Å²) < 4.78 is 0. The lowest BCUT2D eigenvalue weighted by Gasteiger charge is -2.35. The maximum atomic E-state index is 10.4. The van der Waals surface area contributed by atoms with Gasteiger partial charge in [-0.05, 0) is 18.9 Å². The molecule has 112 valence electrons. The molecule has 0 saturated carbocycles. The summed E-state index contributed by atoms with van der Waals surface area (Å²) in [6.07, 6.45) is 4.90. The summed E-state index contributed by atoms with van der Waals surface area (Å²) in [5.74, 6) is 0.493. The fourth-order valence-electron chi connectivity index (χ4n) is 3.07. The minimum Gasteiger partial charge on any atom is -0.507 e. The second-order valence-corrected chi connectivity index (χ2v) is 5.81. The molecule has 0 aliphatic carbocycles. The van der Waals surface area contributed by atoms with Gasteiger partial charge < -0.3 is 10.4 Å². The number of para-hydroxylation sites is 1. The highest BCUT2D eigenvalue weighted by molar-refractivity contribution is 5.41. The van der Waals surface area contributed by atoms with Crippen LogP contribution >= 0.6 is 0 Å². The van der Waals surface area contributed by atoms with E-state index in [2.05, 4.69) is 29.3 Å². The Bertz CT molecular complexity index is 413. The van der Waals surface area contributed by atoms with E-state index in [0.717, 1.165) is 43.7 Å². The van der Waals surface area contributed by atoms with Crippen LogP contribution < -0.4 is 5.32 Å². The van der Waals surface area contributed by atoms with Crippen molar-refractivity contribution in [1.29, 1.82) is 0 Å². The number of rotatable bonds is 6. The predicted octanol–water partition coefficient (Wildman–Crippen LogP) is 3.23. The zero-order valence-corrected chi connectivity index (χ0v) is 12.9. The van der Waals surface area contributed by atoms with Gasteiger partial charge in [0.15, 0.2) is 0 Å². The molecule has 0 radical (unpaired) electrons. The topological polar surface area (TPSA) is 35.5 Å². The van der Waals surface area contributed by atoms with Gasteiger partial charge in [0, 0.05) is 37.8 Å². The van der Waals surface area contributed by atoms with Crippen LogP contribution in [0.15, 0.2) is 18.2 Å². The minimum absolute atomic E-state index is 0.364. The molecular formula is C17H28N2O. The third-order valence-corrected chi connectivity index (χ3v) is 4.30. The molecule has 1 aromatic carbocycles. The number of aryl methyl sites for hydroxylation is 1. The Morgan fingerprint density at radius 2 is 2.00 bits per heavy atom. The first kappa shape index (κ1) is 15.3. The largest absolute Gasteiger partial charge is 0.507 e. The van der Waals surface area contributed by atoms with Gasteiger partial charge in [-0.2, -0.15) is 0 Å². The Hall–Kier alpha value is -1.06. The summed E-state index contributed by atoms with van der Waals surface area (Å²) in [6.45, 7) is 8.48. The van der Waals surface area contributed by atoms with Crippen LogP contribution in [0.2, 0.25) is 0 Å². The van der Waals surface area contributed by atoms with Crippen LogP contribution in [0.5, 0.6) is 5.75 Å². The summed E-state index contributed by atoms with van der Waals surface area (Å²) in [5.41, 5.74) is 2.10. The maximum absolute atomic E-state index is 10.4. The fraction of sp³-hybridized carbons (Fsp3) is 0.647. The fourth-order valence-corrected chi connectivity index (χ4v) is 3.07. The van der Waals surface area contributed by atoms with E-state index in [-0.39, 0.29) is 0 Å². The molecule has 2 N–H and O–H groups in total. The van der Waals surface area contributed by atoms with E-state index in [1.54, 1.807) is 0 Å². The molecule has 1 aliphatic heterocycles. The van der Waals surface area contributed by atoms with E-state index in [1.165, 1.54) is 19.3 Å². The first-order valence-electron chi connectivity index (χ1n) is 7.97. The van der Waals surface area contributed by atoms with Gasteiger partial charge in [-0.1, -0.05) is 44.4 Å². The molecule has 1 atom stereocenters. The number of phenols is 1. The van der Waals surface area contributed by atoms with Crippen molar-refractivity contribution in [3.63, 3.8) is 0 Å². The number of nitrogens with one attached hydrogen (secondary N) is 1. The van der Waals surface area contributed by atoms with Crippen molar-refractivity contribution in [3.05, 3.63) is 29.3 Å². The first-order valence-corrected chi connectivity index (χ1v) is 7.97. The standard InChI is InChI=1S/C17H28N2O/c1-3-4-5-9-16(19-12-10-18-11-13-19)15-8-6-7-14(2)17(15)20/h6-8,16,18,20H,3-5,9-13H2,1-2H3/t16-/m1/s1. The smallest absolute Gasteiger partial charge is 0.123 e. The highest BCUT2D eigenvalue weighted by Crippen LogP contribution is 2.34. The number of benzene rings is 1. The molecule has 0 aromatic heterocycles. The molecule has 0 spiro atoms. The minimum atomic E-state index is 0.364. The van der Waals surface area contributed by atoms with Crippen molar-refractivity contribution in [2.24, 2.45) is 0 Å². The second kappa shape index (κ2) is 7.65. The van der Waals surface area contributed by atoms with Gasteiger partial charge in [0.1, 0.15) is 5.75 Å². The van der Waals surface area contributed by atoms with E-state index < -0.39 is 0 Å². The van der Waals surface area contributed by atoms with Crippen LogP contribution in [0, 0.1) is 6.92 Å². The Morgan fingerprint density at radius 1 is 1.25 bits per heavy atom. The molecule has 0 unspecified atom stereocenters. The first-order chi connectivity index (χ1) is 9.74. The SMILES string of the molecule is CCCCC[C@H](c1cccc(C)c1O)N1CCNCC1. The van der Waals surface area contributed by atoms with Crippen molar-refractivity contribution in [1.82, 2.24) is 10.2 Å². The van der Waals surface area contributed by atoms with E-state index in [9.17, 15) is 5.11 Å². The molecule has 1 heterocycles. The number of piperazine rings is 1. The molecule has 1 saturated heterocycles. The average molecular weight is 276 g/mol. The second-order valence-electron chi connectivity index (χ2n) is 5.81. The lowest BCUT2D eigenvalue weighted by Crippen LogP contribution is -2.45. The van der Waals surface area contributed by atoms with Crippen molar-refractivity contribution < 1.29 is 5.11 Å². The lowest BCUT2D eigenvalue weighted by molar-refractivity contribution is 0.160. The monoisotopic (exact) mass is 276 g/mol. The summed E-state index contributed by atoms with van der Waals surface area (Å²) in [4.78, 5) is 2.53. The van der Waals surface area contributed by atoms with Crippen molar-refractivity contribution in [2.75, 3.05) is 26.2 Å². The summed E-state index contributed by atoms with van der Waals surface area (Å²) in [6, 6.07) is 6.52. The number of unbranched alkanes of at least 4 members (excludes halogenated alkanes) is 2. The van der Waals surface area contributed by atoms with Gasteiger partial charge in [0.05, 0.1) is 0 Å². The summed E-state index contributed by atoms with van der Waals surface area (Å²) >= 11 is 0. The summed E-state index contributed by atoms with van der Waals surface area (Å²) in [5, 5.41) is 13.8. The predicted molar refractivity (Wildman–Crippen MR) is 84.2 cm³/mol. The number of hydrogen-bond donors (Lipinski definition) is 2. The van der Waals surface area contributed by atoms with Crippen LogP contribution in [0.25, 0.3) is 0 Å². The van der Waals surface area contributed by atoms with E-state index in [0.29, 0.717) is 11.8 Å². The van der Waals surface area contributed by atoms with Gasteiger partial charge in [-0.15, -0.1) is 0 Å². The highest BCUT2D eigenvalue weighted by Gasteiger charge is 2.24. The molecule has 20 heavy (non-hydrogen) atoms. The zero-order valence-electron chi connectivity index (χ0n) is 12.9. The van der Waals surface area contributed by atoms with Gasteiger partial charge >= 0.3 is 0 Å². The van der Waals surface area contributed by atoms with Crippen LogP contribution in [0.3, 0.4) is 0 Å². The van der Waals surface area contributed by atoms with E-state index in [4.69, 9.17) is 0 Å². The van der Waals surface area contributed by atoms with Crippen LogP contribution in [-0.4, -0.2) is 36.2 Å². The third-order valence-electron chi connectivity index (χ3n) is 4.30. The quantitative estimate of drug-likeness (QED) is 0.783. The number of hydrogen-bond acceptors (Lipinski definition) is 3. The van der Waals surface area contributed by atoms with E-state index >= 15 is 0 Å². The number of phenolic OH excluding ortho intramolecular Hbond substituents is 1. The van der Waals surface area contributed by atoms with E-state index in [1.807, 2.05) is 13.0 Å². The van der Waals surface area contributed by atoms with Crippen LogP contribution in [0.1, 0.15) is 49.8 Å². The molecule has 3 nitrogen and oxygen atoms in total. The molecule has 0 amide bonds. The molecule has 1 aromatic rings. The number of nitrogens with zero attached hydrogens (tertiary/aromatic N) is 1. The highest BCUT2D eigenvalue weighted by atomic mass is 16.3. The van der Waals surface area contributed by atoms with Gasteiger partial charge in [-0.3, -0.25) is 4.90 Å². The van der Waals surface area contributed by atoms with Gasteiger partial charge in [0.2, 0.25) is 0 Å². The molecular weight excluding hydrogens is 248 g/mol. The molecule has 2 rings (SSSR count). The Balaban J connectivity index is 2.17. The van der Waals surface area contributed by atoms with Crippen molar-refractivity contribution in [3.8, 4) is 5.75 Å². The van der Waals surface area contributed by atoms with Crippen molar-refractivity contribution in [2.45, 2.75) is 45.6 Å². The third kappa shape index (κ3) is 3.74. The number of aromatic hydroxyl groups is 1. The summed E-state index contributed by atoms with van der Waals surface area (Å²) in [7, 11) is 0. The normalized spacial score (nSPS) is 18.1. The van der Waals surface area contributed by atoms with Crippen molar-refractivity contribution >= 4 is 0 Å². The molecule has 1 fully saturated rings. The lowest BCUT2D eigenvalue weighted by atomic mass is 9.95. The Labute approximate surface area is 123 Å². The van der Waals surface area contributed by atoms with Gasteiger partial charge in [-0.25, -0.2) is 0 Å².